The molecule has 0 spiro atoms. The Morgan fingerprint density at radius 2 is 1.87 bits per heavy atom. The van der Waals surface area contributed by atoms with E-state index in [2.05, 4.69) is 46.5 Å². The molecule has 2 atom stereocenters. The summed E-state index contributed by atoms with van der Waals surface area (Å²) in [5.74, 6) is 3.31. The van der Waals surface area contributed by atoms with Gasteiger partial charge in [-0.1, -0.05) is 0 Å². The van der Waals surface area contributed by atoms with Crippen molar-refractivity contribution < 1.29 is 9.47 Å². The molecular formula is C23H39N5O2. The second-order valence-electron chi connectivity index (χ2n) is 8.58. The second kappa shape index (κ2) is 11.4. The van der Waals surface area contributed by atoms with E-state index >= 15 is 0 Å². The van der Waals surface area contributed by atoms with Crippen LogP contribution in [0.5, 0.6) is 11.5 Å². The minimum absolute atomic E-state index is 0.421. The van der Waals surface area contributed by atoms with Gasteiger partial charge in [0, 0.05) is 51.4 Å². The molecule has 0 aliphatic carbocycles. The molecule has 3 rings (SSSR count). The molecule has 0 amide bonds. The summed E-state index contributed by atoms with van der Waals surface area (Å²) in [5, 5.41) is 7.09. The Morgan fingerprint density at radius 1 is 1.10 bits per heavy atom. The Hall–Kier alpha value is -1.99. The first-order valence-electron chi connectivity index (χ1n) is 11.3. The van der Waals surface area contributed by atoms with Gasteiger partial charge < -0.3 is 25.0 Å². The van der Waals surface area contributed by atoms with Crippen LogP contribution in [0, 0.1) is 5.92 Å². The molecule has 2 fully saturated rings. The number of hydrogen-bond donors (Lipinski definition) is 2. The largest absolute Gasteiger partial charge is 0.497 e. The molecule has 2 aliphatic rings. The van der Waals surface area contributed by atoms with Crippen molar-refractivity contribution in [3.63, 3.8) is 0 Å². The number of guanidine groups is 1. The Bertz CT molecular complexity index is 674. The van der Waals surface area contributed by atoms with Gasteiger partial charge in [0.25, 0.3) is 0 Å². The molecule has 2 heterocycles. The van der Waals surface area contributed by atoms with Crippen LogP contribution in [0.3, 0.4) is 0 Å². The SMILES string of the molecule is CCNC(=NCC1CCCN(C)C1)NC1CCN(Cc2cc(OC)cc(OC)c2)C1. The molecule has 1 aromatic rings. The van der Waals surface area contributed by atoms with Crippen LogP contribution in [-0.4, -0.2) is 82.3 Å². The summed E-state index contributed by atoms with van der Waals surface area (Å²) in [6.07, 6.45) is 3.69. The van der Waals surface area contributed by atoms with Gasteiger partial charge in [-0.05, 0) is 63.4 Å². The third-order valence-electron chi connectivity index (χ3n) is 6.00. The van der Waals surface area contributed by atoms with E-state index in [9.17, 15) is 0 Å². The molecule has 0 radical (unpaired) electrons. The Balaban J connectivity index is 1.52. The van der Waals surface area contributed by atoms with Crippen molar-refractivity contribution in [1.82, 2.24) is 20.4 Å². The molecule has 7 nitrogen and oxygen atoms in total. The number of benzene rings is 1. The van der Waals surface area contributed by atoms with E-state index in [0.29, 0.717) is 12.0 Å². The first-order valence-corrected chi connectivity index (χ1v) is 11.3. The van der Waals surface area contributed by atoms with E-state index in [4.69, 9.17) is 14.5 Å². The van der Waals surface area contributed by atoms with E-state index in [-0.39, 0.29) is 0 Å². The van der Waals surface area contributed by atoms with Gasteiger partial charge in [-0.2, -0.15) is 0 Å². The number of likely N-dealkylation sites (tertiary alicyclic amines) is 2. The lowest BCUT2D eigenvalue weighted by Gasteiger charge is -2.29. The average molecular weight is 418 g/mol. The van der Waals surface area contributed by atoms with Crippen LogP contribution in [0.25, 0.3) is 0 Å². The van der Waals surface area contributed by atoms with Crippen molar-refractivity contribution >= 4 is 5.96 Å². The van der Waals surface area contributed by atoms with Gasteiger partial charge in [0.05, 0.1) is 14.2 Å². The van der Waals surface area contributed by atoms with Crippen LogP contribution in [0.4, 0.5) is 0 Å². The van der Waals surface area contributed by atoms with E-state index in [1.807, 2.05) is 6.07 Å². The predicted molar refractivity (Wildman–Crippen MR) is 123 cm³/mol. The van der Waals surface area contributed by atoms with Crippen LogP contribution < -0.4 is 20.1 Å². The summed E-state index contributed by atoms with van der Waals surface area (Å²) < 4.78 is 10.8. The summed E-state index contributed by atoms with van der Waals surface area (Å²) >= 11 is 0. The van der Waals surface area contributed by atoms with E-state index in [1.54, 1.807) is 14.2 Å². The Labute approximate surface area is 181 Å². The molecule has 0 saturated carbocycles. The number of methoxy groups -OCH3 is 2. The smallest absolute Gasteiger partial charge is 0.191 e. The lowest BCUT2D eigenvalue weighted by molar-refractivity contribution is 0.214. The molecule has 2 aliphatic heterocycles. The topological polar surface area (TPSA) is 61.4 Å². The number of aliphatic imine (C=N–C) groups is 1. The highest BCUT2D eigenvalue weighted by Crippen LogP contribution is 2.24. The van der Waals surface area contributed by atoms with Crippen LogP contribution in [-0.2, 0) is 6.54 Å². The minimum atomic E-state index is 0.421. The van der Waals surface area contributed by atoms with E-state index in [0.717, 1.165) is 63.1 Å². The fraction of sp³-hybridized carbons (Fsp3) is 0.696. The molecule has 30 heavy (non-hydrogen) atoms. The van der Waals surface area contributed by atoms with Gasteiger partial charge >= 0.3 is 0 Å². The van der Waals surface area contributed by atoms with Gasteiger partial charge in [0.1, 0.15) is 11.5 Å². The Morgan fingerprint density at radius 3 is 2.53 bits per heavy atom. The third-order valence-corrected chi connectivity index (χ3v) is 6.00. The quantitative estimate of drug-likeness (QED) is 0.499. The number of rotatable bonds is 8. The average Bonchev–Trinajstić information content (AvgIpc) is 3.18. The summed E-state index contributed by atoms with van der Waals surface area (Å²) in [5.41, 5.74) is 1.22. The van der Waals surface area contributed by atoms with E-state index < -0.39 is 0 Å². The lowest BCUT2D eigenvalue weighted by Crippen LogP contribution is -2.45. The van der Waals surface area contributed by atoms with Gasteiger partial charge in [-0.3, -0.25) is 9.89 Å². The van der Waals surface area contributed by atoms with Crippen LogP contribution in [0.2, 0.25) is 0 Å². The lowest BCUT2D eigenvalue weighted by atomic mass is 9.99. The number of piperidine rings is 1. The zero-order chi connectivity index (χ0) is 21.3. The normalized spacial score (nSPS) is 23.4. The first-order chi connectivity index (χ1) is 14.6. The van der Waals surface area contributed by atoms with Crippen molar-refractivity contribution in [3.05, 3.63) is 23.8 Å². The standard InChI is InChI=1S/C23H39N5O2/c1-5-24-23(25-14-18-7-6-9-27(2)15-18)26-20-8-10-28(17-20)16-19-11-21(29-3)13-22(12-19)30-4/h11-13,18,20H,5-10,14-17H2,1-4H3,(H2,24,25,26). The zero-order valence-electron chi connectivity index (χ0n) is 19.1. The van der Waals surface area contributed by atoms with Crippen LogP contribution >= 0.6 is 0 Å². The van der Waals surface area contributed by atoms with Gasteiger partial charge in [-0.25, -0.2) is 0 Å². The Kier molecular flexibility index (Phi) is 8.63. The fourth-order valence-corrected chi connectivity index (χ4v) is 4.47. The maximum atomic E-state index is 5.41. The minimum Gasteiger partial charge on any atom is -0.497 e. The molecule has 168 valence electrons. The second-order valence-corrected chi connectivity index (χ2v) is 8.58. The molecule has 1 aromatic carbocycles. The monoisotopic (exact) mass is 417 g/mol. The molecule has 2 saturated heterocycles. The fourth-order valence-electron chi connectivity index (χ4n) is 4.47. The summed E-state index contributed by atoms with van der Waals surface area (Å²) in [7, 11) is 5.60. The molecule has 7 heteroatoms. The van der Waals surface area contributed by atoms with Crippen molar-refractivity contribution in [2.75, 3.05) is 60.5 Å². The zero-order valence-corrected chi connectivity index (χ0v) is 19.1. The maximum absolute atomic E-state index is 5.41. The highest BCUT2D eigenvalue weighted by molar-refractivity contribution is 5.80. The summed E-state index contributed by atoms with van der Waals surface area (Å²) in [6.45, 7) is 9.27. The number of hydrogen-bond acceptors (Lipinski definition) is 5. The van der Waals surface area contributed by atoms with Crippen molar-refractivity contribution in [2.24, 2.45) is 10.9 Å². The molecule has 0 bridgehead atoms. The molecular weight excluding hydrogens is 378 g/mol. The maximum Gasteiger partial charge on any atom is 0.191 e. The number of nitrogens with zero attached hydrogens (tertiary/aromatic N) is 3. The van der Waals surface area contributed by atoms with Gasteiger partial charge in [0.2, 0.25) is 0 Å². The summed E-state index contributed by atoms with van der Waals surface area (Å²) in [4.78, 5) is 9.81. The van der Waals surface area contributed by atoms with E-state index in [1.165, 1.54) is 24.9 Å². The molecule has 2 unspecified atom stereocenters. The van der Waals surface area contributed by atoms with Crippen molar-refractivity contribution in [1.29, 1.82) is 0 Å². The molecule has 2 N–H and O–H groups in total. The van der Waals surface area contributed by atoms with Gasteiger partial charge in [0.15, 0.2) is 5.96 Å². The number of ether oxygens (including phenoxy) is 2. The highest BCUT2D eigenvalue weighted by Gasteiger charge is 2.24. The highest BCUT2D eigenvalue weighted by atomic mass is 16.5. The molecule has 0 aromatic heterocycles. The first kappa shape index (κ1) is 22.7. The third kappa shape index (κ3) is 6.77. The summed E-state index contributed by atoms with van der Waals surface area (Å²) in [6, 6.07) is 6.52. The predicted octanol–water partition coefficient (Wildman–Crippen LogP) is 2.18. The van der Waals surface area contributed by atoms with Crippen LogP contribution in [0.15, 0.2) is 23.2 Å². The van der Waals surface area contributed by atoms with Crippen LogP contribution in [0.1, 0.15) is 31.7 Å². The van der Waals surface area contributed by atoms with Gasteiger partial charge in [-0.15, -0.1) is 0 Å². The van der Waals surface area contributed by atoms with Crippen molar-refractivity contribution in [3.8, 4) is 11.5 Å². The number of nitrogens with one attached hydrogen (secondary N) is 2. The van der Waals surface area contributed by atoms with Crippen molar-refractivity contribution in [2.45, 2.75) is 38.8 Å².